The minimum Gasteiger partial charge on any atom is -0.497 e. The molecule has 7 heteroatoms. The first-order valence-electron chi connectivity index (χ1n) is 10.0. The number of fused-ring (bicyclic) bond motifs is 1. The van der Waals surface area contributed by atoms with E-state index in [0.29, 0.717) is 6.54 Å². The van der Waals surface area contributed by atoms with Crippen molar-refractivity contribution in [3.8, 4) is 16.9 Å². The third kappa shape index (κ3) is 3.57. The van der Waals surface area contributed by atoms with E-state index in [0.717, 1.165) is 52.6 Å². The van der Waals surface area contributed by atoms with Crippen LogP contribution in [0.4, 0.5) is 0 Å². The number of pyridine rings is 1. The lowest BCUT2D eigenvalue weighted by Crippen LogP contribution is -2.39. The van der Waals surface area contributed by atoms with Gasteiger partial charge in [-0.3, -0.25) is 4.79 Å². The van der Waals surface area contributed by atoms with Gasteiger partial charge in [0.25, 0.3) is 5.91 Å². The molecule has 0 radical (unpaired) electrons. The minimum atomic E-state index is 0.110. The number of methoxy groups -OCH3 is 1. The molecule has 1 aromatic carbocycles. The Morgan fingerprint density at radius 2 is 2.10 bits per heavy atom. The molecule has 1 aliphatic rings. The Hall–Kier alpha value is -3.19. The van der Waals surface area contributed by atoms with E-state index in [1.54, 1.807) is 7.11 Å². The highest BCUT2D eigenvalue weighted by molar-refractivity contribution is 7.12. The number of likely N-dealkylation sites (tertiary alicyclic amines) is 1. The third-order valence-electron chi connectivity index (χ3n) is 5.56. The maximum atomic E-state index is 12.7. The van der Waals surface area contributed by atoms with Crippen LogP contribution in [0.25, 0.3) is 16.8 Å². The smallest absolute Gasteiger partial charge is 0.263 e. The Bertz CT molecular complexity index is 1190. The largest absolute Gasteiger partial charge is 0.497 e. The van der Waals surface area contributed by atoms with Gasteiger partial charge in [0.15, 0.2) is 11.5 Å². The van der Waals surface area contributed by atoms with Crippen LogP contribution >= 0.6 is 11.3 Å². The second kappa shape index (κ2) is 7.91. The number of benzene rings is 1. The zero-order chi connectivity index (χ0) is 20.5. The summed E-state index contributed by atoms with van der Waals surface area (Å²) in [5, 5.41) is 6.70. The third-order valence-corrected chi connectivity index (χ3v) is 6.41. The normalized spacial score (nSPS) is 16.7. The quantitative estimate of drug-likeness (QED) is 0.490. The molecule has 5 rings (SSSR count). The van der Waals surface area contributed by atoms with Crippen LogP contribution in [-0.2, 0) is 0 Å². The molecule has 152 valence electrons. The topological polar surface area (TPSA) is 59.7 Å². The summed E-state index contributed by atoms with van der Waals surface area (Å²) in [5.74, 6) is 1.90. The Labute approximate surface area is 178 Å². The monoisotopic (exact) mass is 418 g/mol. The number of hydrogen-bond acceptors (Lipinski definition) is 5. The maximum absolute atomic E-state index is 12.7. The number of ether oxygens (including phenoxy) is 1. The number of nitrogens with zero attached hydrogens (tertiary/aromatic N) is 4. The molecule has 4 heterocycles. The van der Waals surface area contributed by atoms with Crippen molar-refractivity contribution in [2.75, 3.05) is 20.2 Å². The van der Waals surface area contributed by atoms with Gasteiger partial charge in [0.05, 0.1) is 12.0 Å². The molecular formula is C23H22N4O2S. The molecule has 0 bridgehead atoms. The zero-order valence-electron chi connectivity index (χ0n) is 16.7. The zero-order valence-corrected chi connectivity index (χ0v) is 17.5. The second-order valence-corrected chi connectivity index (χ2v) is 8.44. The van der Waals surface area contributed by atoms with E-state index in [2.05, 4.69) is 12.1 Å². The fraction of sp³-hybridized carbons (Fsp3) is 0.261. The van der Waals surface area contributed by atoms with Crippen LogP contribution in [0.5, 0.6) is 5.75 Å². The van der Waals surface area contributed by atoms with E-state index in [1.165, 1.54) is 11.3 Å². The Kier molecular flexibility index (Phi) is 4.96. The summed E-state index contributed by atoms with van der Waals surface area (Å²) >= 11 is 1.49. The first-order valence-corrected chi connectivity index (χ1v) is 10.9. The maximum Gasteiger partial charge on any atom is 0.263 e. The van der Waals surface area contributed by atoms with Gasteiger partial charge in [-0.2, -0.15) is 5.10 Å². The SMILES string of the molecule is COc1cccc(-c2ccc3nc([C@H]4CCCN(C(=O)c5cccs5)C4)nn3c2)c1. The number of aromatic nitrogens is 3. The van der Waals surface area contributed by atoms with Gasteiger partial charge >= 0.3 is 0 Å². The van der Waals surface area contributed by atoms with Crippen molar-refractivity contribution in [1.82, 2.24) is 19.5 Å². The summed E-state index contributed by atoms with van der Waals surface area (Å²) in [6, 6.07) is 15.8. The van der Waals surface area contributed by atoms with Crippen molar-refractivity contribution in [3.63, 3.8) is 0 Å². The molecule has 1 atom stereocenters. The molecule has 1 saturated heterocycles. The molecule has 1 fully saturated rings. The number of amides is 1. The molecule has 30 heavy (non-hydrogen) atoms. The first-order chi connectivity index (χ1) is 14.7. The number of thiophene rings is 1. The van der Waals surface area contributed by atoms with E-state index in [9.17, 15) is 4.79 Å². The van der Waals surface area contributed by atoms with Crippen molar-refractivity contribution in [3.05, 3.63) is 70.8 Å². The number of hydrogen-bond donors (Lipinski definition) is 0. The summed E-state index contributed by atoms with van der Waals surface area (Å²) in [7, 11) is 1.67. The van der Waals surface area contributed by atoms with Crippen molar-refractivity contribution in [2.45, 2.75) is 18.8 Å². The number of rotatable bonds is 4. The molecule has 1 aliphatic heterocycles. The van der Waals surface area contributed by atoms with Gasteiger partial charge < -0.3 is 9.64 Å². The molecule has 0 unspecified atom stereocenters. The van der Waals surface area contributed by atoms with Crippen LogP contribution in [0, 0.1) is 0 Å². The van der Waals surface area contributed by atoms with Crippen LogP contribution in [0.1, 0.15) is 34.3 Å². The lowest BCUT2D eigenvalue weighted by atomic mass is 9.97. The van der Waals surface area contributed by atoms with Crippen LogP contribution < -0.4 is 4.74 Å². The van der Waals surface area contributed by atoms with Crippen LogP contribution in [0.2, 0.25) is 0 Å². The first kappa shape index (κ1) is 18.8. The summed E-state index contributed by atoms with van der Waals surface area (Å²) in [4.78, 5) is 20.2. The summed E-state index contributed by atoms with van der Waals surface area (Å²) < 4.78 is 7.17. The lowest BCUT2D eigenvalue weighted by Gasteiger charge is -2.31. The van der Waals surface area contributed by atoms with E-state index >= 15 is 0 Å². The molecule has 1 amide bonds. The fourth-order valence-electron chi connectivity index (χ4n) is 3.98. The molecule has 0 aliphatic carbocycles. The highest BCUT2D eigenvalue weighted by atomic mass is 32.1. The fourth-order valence-corrected chi connectivity index (χ4v) is 4.67. The van der Waals surface area contributed by atoms with Gasteiger partial charge in [0.1, 0.15) is 5.75 Å². The van der Waals surface area contributed by atoms with Crippen molar-refractivity contribution in [2.24, 2.45) is 0 Å². The predicted octanol–water partition coefficient (Wildman–Crippen LogP) is 4.49. The highest BCUT2D eigenvalue weighted by Gasteiger charge is 2.28. The summed E-state index contributed by atoms with van der Waals surface area (Å²) in [5.41, 5.74) is 2.94. The van der Waals surface area contributed by atoms with Gasteiger partial charge in [-0.15, -0.1) is 11.3 Å². The van der Waals surface area contributed by atoms with Crippen LogP contribution in [-0.4, -0.2) is 45.6 Å². The van der Waals surface area contributed by atoms with Crippen LogP contribution in [0.15, 0.2) is 60.1 Å². The molecule has 6 nitrogen and oxygen atoms in total. The predicted molar refractivity (Wildman–Crippen MR) is 117 cm³/mol. The number of carbonyl (C=O) groups is 1. The molecule has 3 aromatic heterocycles. The van der Waals surface area contributed by atoms with Gasteiger partial charge in [0, 0.05) is 30.8 Å². The van der Waals surface area contributed by atoms with Crippen molar-refractivity contribution < 1.29 is 9.53 Å². The summed E-state index contributed by atoms with van der Waals surface area (Å²) in [6.45, 7) is 1.46. The lowest BCUT2D eigenvalue weighted by molar-refractivity contribution is 0.0709. The molecule has 4 aromatic rings. The van der Waals surface area contributed by atoms with Gasteiger partial charge in [0.2, 0.25) is 0 Å². The minimum absolute atomic E-state index is 0.110. The molecule has 0 saturated carbocycles. The van der Waals surface area contributed by atoms with Crippen LogP contribution in [0.3, 0.4) is 0 Å². The van der Waals surface area contributed by atoms with Crippen molar-refractivity contribution in [1.29, 1.82) is 0 Å². The van der Waals surface area contributed by atoms with Gasteiger partial charge in [-0.05, 0) is 54.1 Å². The van der Waals surface area contributed by atoms with Gasteiger partial charge in [-0.25, -0.2) is 9.50 Å². The number of carbonyl (C=O) groups excluding carboxylic acids is 1. The van der Waals surface area contributed by atoms with Crippen molar-refractivity contribution >= 4 is 22.9 Å². The Balaban J connectivity index is 1.40. The molecule has 0 N–H and O–H groups in total. The standard InChI is InChI=1S/C23H22N4O2S/c1-29-19-7-2-5-16(13-19)17-9-10-21-24-22(25-27(21)15-17)18-6-3-11-26(14-18)23(28)20-8-4-12-30-20/h2,4-5,7-10,12-13,15,18H,3,6,11,14H2,1H3/t18-/m0/s1. The second-order valence-electron chi connectivity index (χ2n) is 7.49. The average Bonchev–Trinajstić information content (AvgIpc) is 3.48. The van der Waals surface area contributed by atoms with E-state index in [-0.39, 0.29) is 11.8 Å². The highest BCUT2D eigenvalue weighted by Crippen LogP contribution is 2.28. The van der Waals surface area contributed by atoms with Gasteiger partial charge in [-0.1, -0.05) is 18.2 Å². The number of piperidine rings is 1. The average molecular weight is 419 g/mol. The molecular weight excluding hydrogens is 396 g/mol. The Morgan fingerprint density at radius 1 is 1.17 bits per heavy atom. The van der Waals surface area contributed by atoms with E-state index in [4.69, 9.17) is 14.8 Å². The van der Waals surface area contributed by atoms with E-state index < -0.39 is 0 Å². The summed E-state index contributed by atoms with van der Waals surface area (Å²) in [6.07, 6.45) is 3.96. The molecule has 0 spiro atoms. The van der Waals surface area contributed by atoms with E-state index in [1.807, 2.05) is 57.4 Å². The Morgan fingerprint density at radius 3 is 2.93 bits per heavy atom.